The standard InChI is InChI=1S/C17H21N3O6S/c1-27(25)20(5-4-18-6-8-26-9-7-18)12-2-3-14-13(10-12)16(23)17(24)19(14)11-15(21)22/h2-3,10H,4-9,11H2,1H3,(H,21,22). The van der Waals surface area contributed by atoms with Crippen molar-refractivity contribution in [3.8, 4) is 0 Å². The molecular formula is C17H21N3O6S. The molecule has 0 bridgehead atoms. The van der Waals surface area contributed by atoms with Gasteiger partial charge in [-0.3, -0.25) is 28.5 Å². The van der Waals surface area contributed by atoms with Gasteiger partial charge in [-0.05, 0) is 18.2 Å². The van der Waals surface area contributed by atoms with Crippen LogP contribution in [0.3, 0.4) is 0 Å². The first-order valence-electron chi connectivity index (χ1n) is 8.51. The van der Waals surface area contributed by atoms with Crippen LogP contribution >= 0.6 is 0 Å². The number of aliphatic carboxylic acids is 1. The second-order valence-electron chi connectivity index (χ2n) is 6.30. The second kappa shape index (κ2) is 8.15. The van der Waals surface area contributed by atoms with Crippen LogP contribution in [0.25, 0.3) is 0 Å². The van der Waals surface area contributed by atoms with Crippen LogP contribution in [0.15, 0.2) is 18.2 Å². The molecule has 0 aromatic heterocycles. The van der Waals surface area contributed by atoms with Crippen LogP contribution < -0.4 is 9.21 Å². The van der Waals surface area contributed by atoms with Crippen LogP contribution in [-0.4, -0.2) is 84.1 Å². The van der Waals surface area contributed by atoms with Crippen LogP contribution in [0.2, 0.25) is 0 Å². The molecule has 1 aromatic rings. The number of fused-ring (bicyclic) bond motifs is 1. The summed E-state index contributed by atoms with van der Waals surface area (Å²) in [4.78, 5) is 38.4. The van der Waals surface area contributed by atoms with E-state index in [-0.39, 0.29) is 11.3 Å². The minimum atomic E-state index is -1.32. The van der Waals surface area contributed by atoms with E-state index in [9.17, 15) is 18.6 Å². The maximum absolute atomic E-state index is 12.2. The maximum Gasteiger partial charge on any atom is 0.323 e. The number of nitrogens with zero attached hydrogens (tertiary/aromatic N) is 3. The van der Waals surface area contributed by atoms with Crippen molar-refractivity contribution >= 4 is 40.0 Å². The first-order valence-corrected chi connectivity index (χ1v) is 10.0. The van der Waals surface area contributed by atoms with Crippen molar-refractivity contribution in [2.75, 3.05) is 61.4 Å². The number of Topliss-reactive ketones (excluding diaryl/α,β-unsaturated/α-hetero) is 1. The van der Waals surface area contributed by atoms with Gasteiger partial charge in [0.1, 0.15) is 17.5 Å². The molecule has 1 amide bonds. The van der Waals surface area contributed by atoms with E-state index >= 15 is 0 Å². The fraction of sp³-hybridized carbons (Fsp3) is 0.471. The van der Waals surface area contributed by atoms with Crippen LogP contribution in [-0.2, 0) is 25.3 Å². The predicted octanol–water partition coefficient (Wildman–Crippen LogP) is -0.267. The molecule has 2 heterocycles. The van der Waals surface area contributed by atoms with Crippen molar-refractivity contribution in [1.29, 1.82) is 0 Å². The van der Waals surface area contributed by atoms with E-state index in [0.717, 1.165) is 18.0 Å². The van der Waals surface area contributed by atoms with E-state index in [2.05, 4.69) is 4.90 Å². The van der Waals surface area contributed by atoms with Crippen molar-refractivity contribution in [2.45, 2.75) is 0 Å². The lowest BCUT2D eigenvalue weighted by atomic mass is 10.1. The Bertz CT molecular complexity index is 793. The van der Waals surface area contributed by atoms with E-state index in [1.54, 1.807) is 16.6 Å². The van der Waals surface area contributed by atoms with Crippen molar-refractivity contribution in [3.05, 3.63) is 23.8 Å². The first kappa shape index (κ1) is 19.5. The minimum absolute atomic E-state index is 0.139. The molecule has 0 radical (unpaired) electrons. The lowest BCUT2D eigenvalue weighted by Gasteiger charge is -2.30. The van der Waals surface area contributed by atoms with Gasteiger partial charge in [-0.15, -0.1) is 0 Å². The Labute approximate surface area is 159 Å². The summed E-state index contributed by atoms with van der Waals surface area (Å²) < 4.78 is 19.2. The Morgan fingerprint density at radius 3 is 2.63 bits per heavy atom. The van der Waals surface area contributed by atoms with Crippen molar-refractivity contribution in [1.82, 2.24) is 4.90 Å². The summed E-state index contributed by atoms with van der Waals surface area (Å²) in [7, 11) is -1.32. The molecule has 0 saturated carbocycles. The molecule has 1 unspecified atom stereocenters. The molecule has 2 aliphatic rings. The molecule has 1 aromatic carbocycles. The van der Waals surface area contributed by atoms with Gasteiger partial charge in [0, 0.05) is 32.4 Å². The van der Waals surface area contributed by atoms with Crippen LogP contribution in [0, 0.1) is 0 Å². The number of hydrogen-bond donors (Lipinski definition) is 1. The molecule has 1 atom stereocenters. The SMILES string of the molecule is CS(=O)N(CCN1CCOCC1)c1ccc2c(c1)C(=O)C(=O)N2CC(=O)O. The van der Waals surface area contributed by atoms with Gasteiger partial charge in [-0.25, -0.2) is 4.21 Å². The number of hydrogen-bond acceptors (Lipinski definition) is 6. The number of anilines is 2. The smallest absolute Gasteiger partial charge is 0.323 e. The average Bonchev–Trinajstić information content (AvgIpc) is 2.87. The van der Waals surface area contributed by atoms with Crippen molar-refractivity contribution in [3.63, 3.8) is 0 Å². The van der Waals surface area contributed by atoms with Crippen LogP contribution in [0.4, 0.5) is 11.4 Å². The maximum atomic E-state index is 12.2. The van der Waals surface area contributed by atoms with E-state index < -0.39 is 35.2 Å². The fourth-order valence-corrected chi connectivity index (χ4v) is 3.95. The zero-order valence-corrected chi connectivity index (χ0v) is 15.7. The highest BCUT2D eigenvalue weighted by molar-refractivity contribution is 7.85. The zero-order chi connectivity index (χ0) is 19.6. The Balaban J connectivity index is 1.81. The van der Waals surface area contributed by atoms with Crippen LogP contribution in [0.1, 0.15) is 10.4 Å². The number of carbonyl (C=O) groups is 3. The second-order valence-corrected chi connectivity index (χ2v) is 7.58. The minimum Gasteiger partial charge on any atom is -0.480 e. The number of ketones is 1. The topological polar surface area (TPSA) is 107 Å². The number of benzene rings is 1. The van der Waals surface area contributed by atoms with Gasteiger partial charge in [0.2, 0.25) is 0 Å². The summed E-state index contributed by atoms with van der Waals surface area (Å²) in [6, 6.07) is 4.70. The largest absolute Gasteiger partial charge is 0.480 e. The molecule has 146 valence electrons. The highest BCUT2D eigenvalue weighted by Gasteiger charge is 2.37. The molecular weight excluding hydrogens is 374 g/mol. The van der Waals surface area contributed by atoms with E-state index in [0.29, 0.717) is 32.0 Å². The van der Waals surface area contributed by atoms with E-state index in [1.807, 2.05) is 0 Å². The van der Waals surface area contributed by atoms with Crippen molar-refractivity contribution < 1.29 is 28.4 Å². The summed E-state index contributed by atoms with van der Waals surface area (Å²) in [6.07, 6.45) is 1.55. The number of carboxylic acids is 1. The third-order valence-electron chi connectivity index (χ3n) is 4.57. The molecule has 1 N–H and O–H groups in total. The Morgan fingerprint density at radius 2 is 2.00 bits per heavy atom. The van der Waals surface area contributed by atoms with Gasteiger partial charge in [-0.1, -0.05) is 0 Å². The zero-order valence-electron chi connectivity index (χ0n) is 14.9. The monoisotopic (exact) mass is 395 g/mol. The molecule has 0 spiro atoms. The molecule has 27 heavy (non-hydrogen) atoms. The fourth-order valence-electron chi connectivity index (χ4n) is 3.20. The van der Waals surface area contributed by atoms with Crippen LogP contribution in [0.5, 0.6) is 0 Å². The predicted molar refractivity (Wildman–Crippen MR) is 99.4 cm³/mol. The average molecular weight is 395 g/mol. The molecule has 10 heteroatoms. The van der Waals surface area contributed by atoms with Gasteiger partial charge < -0.3 is 9.84 Å². The Kier molecular flexibility index (Phi) is 5.88. The van der Waals surface area contributed by atoms with Gasteiger partial charge in [0.15, 0.2) is 0 Å². The summed E-state index contributed by atoms with van der Waals surface area (Å²) in [5.74, 6) is -2.81. The summed E-state index contributed by atoms with van der Waals surface area (Å²) >= 11 is 0. The quantitative estimate of drug-likeness (QED) is 0.634. The van der Waals surface area contributed by atoms with Gasteiger partial charge in [0.25, 0.3) is 11.7 Å². The van der Waals surface area contributed by atoms with Gasteiger partial charge in [0.05, 0.1) is 30.2 Å². The molecule has 1 saturated heterocycles. The van der Waals surface area contributed by atoms with Crippen molar-refractivity contribution in [2.24, 2.45) is 0 Å². The third kappa shape index (κ3) is 4.18. The highest BCUT2D eigenvalue weighted by Crippen LogP contribution is 2.32. The molecule has 3 rings (SSSR count). The number of rotatable bonds is 7. The Hall–Kier alpha value is -2.30. The summed E-state index contributed by atoms with van der Waals surface area (Å²) in [5.41, 5.74) is 0.966. The first-order chi connectivity index (χ1) is 12.9. The Morgan fingerprint density at radius 1 is 1.30 bits per heavy atom. The summed E-state index contributed by atoms with van der Waals surface area (Å²) in [6.45, 7) is 3.57. The van der Waals surface area contributed by atoms with Gasteiger partial charge >= 0.3 is 5.97 Å². The number of amides is 1. The van der Waals surface area contributed by atoms with Gasteiger partial charge in [-0.2, -0.15) is 0 Å². The number of ether oxygens (including phenoxy) is 1. The number of carbonyl (C=O) groups excluding carboxylic acids is 2. The molecule has 9 nitrogen and oxygen atoms in total. The third-order valence-corrected chi connectivity index (χ3v) is 5.58. The molecule has 1 fully saturated rings. The molecule has 0 aliphatic carbocycles. The number of morpholine rings is 1. The van der Waals surface area contributed by atoms with E-state index in [1.165, 1.54) is 12.1 Å². The normalized spacial score (nSPS) is 18.5. The lowest BCUT2D eigenvalue weighted by Crippen LogP contribution is -2.41. The summed E-state index contributed by atoms with van der Waals surface area (Å²) in [5, 5.41) is 8.95. The molecule has 2 aliphatic heterocycles. The lowest BCUT2D eigenvalue weighted by molar-refractivity contribution is -0.136. The van der Waals surface area contributed by atoms with E-state index in [4.69, 9.17) is 9.84 Å². The number of carboxylic acid groups (broad SMARTS) is 1. The highest BCUT2D eigenvalue weighted by atomic mass is 32.2.